The number of nitrogens with zero attached hydrogens (tertiary/aromatic N) is 6. The molecule has 138 valence electrons. The lowest BCUT2D eigenvalue weighted by molar-refractivity contribution is -0.132. The van der Waals surface area contributed by atoms with Gasteiger partial charge in [-0.3, -0.25) is 4.99 Å². The molecule has 2 aliphatic heterocycles. The SMILES string of the molecule is CCN=C1CCN(c2ccc(C3=NI=NN3C)cn2)C/C1=C(/N)C(=O)O. The Kier molecular flexibility index (Phi) is 5.59. The molecule has 0 saturated carbocycles. The molecule has 9 nitrogen and oxygen atoms in total. The van der Waals surface area contributed by atoms with E-state index in [1.54, 1.807) is 11.2 Å². The summed E-state index contributed by atoms with van der Waals surface area (Å²) in [4.78, 5) is 22.3. The molecular weight excluding hydrogens is 449 g/mol. The van der Waals surface area contributed by atoms with Crippen molar-refractivity contribution in [1.82, 2.24) is 9.99 Å². The number of aliphatic imine (C=N–C) groups is 1. The number of hydrogen-bond acceptors (Lipinski definition) is 8. The first-order valence-electron chi connectivity index (χ1n) is 8.14. The van der Waals surface area contributed by atoms with E-state index in [0.717, 1.165) is 22.9 Å². The lowest BCUT2D eigenvalue weighted by Gasteiger charge is -2.31. The molecule has 3 rings (SSSR count). The van der Waals surface area contributed by atoms with Crippen molar-refractivity contribution in [3.8, 4) is 0 Å². The maximum atomic E-state index is 11.3. The fourth-order valence-corrected chi connectivity index (χ4v) is 4.20. The molecule has 0 radical (unpaired) electrons. The largest absolute Gasteiger partial charge is 0.477 e. The number of piperidine rings is 1. The Morgan fingerprint density at radius 2 is 2.27 bits per heavy atom. The molecule has 3 heterocycles. The first-order valence-corrected chi connectivity index (χ1v) is 10.1. The summed E-state index contributed by atoms with van der Waals surface area (Å²) in [6.07, 6.45) is 2.41. The smallest absolute Gasteiger partial charge is 0.352 e. The van der Waals surface area contributed by atoms with Crippen molar-refractivity contribution >= 4 is 44.6 Å². The normalized spacial score (nSPS) is 20.8. The Balaban J connectivity index is 1.83. The zero-order valence-electron chi connectivity index (χ0n) is 14.6. The van der Waals surface area contributed by atoms with Crippen molar-refractivity contribution in [3.05, 3.63) is 35.2 Å². The van der Waals surface area contributed by atoms with Gasteiger partial charge in [0.05, 0.1) is 0 Å². The molecule has 2 aliphatic rings. The maximum absolute atomic E-state index is 11.3. The molecular formula is C16H20IN7O2. The third-order valence-corrected chi connectivity index (χ3v) is 5.63. The van der Waals surface area contributed by atoms with E-state index >= 15 is 0 Å². The highest BCUT2D eigenvalue weighted by Gasteiger charge is 2.25. The first kappa shape index (κ1) is 18.4. The van der Waals surface area contributed by atoms with Crippen LogP contribution in [0.5, 0.6) is 0 Å². The molecule has 0 bridgehead atoms. The number of anilines is 1. The van der Waals surface area contributed by atoms with Gasteiger partial charge in [0.25, 0.3) is 0 Å². The topological polar surface area (TPSA) is 120 Å². The number of aromatic nitrogens is 1. The summed E-state index contributed by atoms with van der Waals surface area (Å²) in [6.45, 7) is 3.61. The van der Waals surface area contributed by atoms with Crippen LogP contribution in [0.3, 0.4) is 0 Å². The van der Waals surface area contributed by atoms with Crippen LogP contribution in [0.2, 0.25) is 0 Å². The molecule has 0 atom stereocenters. The predicted octanol–water partition coefficient (Wildman–Crippen LogP) is 1.73. The quantitative estimate of drug-likeness (QED) is 0.512. The first-order chi connectivity index (χ1) is 12.5. The van der Waals surface area contributed by atoms with E-state index in [1.807, 2.05) is 31.0 Å². The fraction of sp³-hybridized carbons (Fsp3) is 0.375. The number of carbonyl (C=O) groups is 1. The van der Waals surface area contributed by atoms with Crippen molar-refractivity contribution in [2.75, 3.05) is 31.6 Å². The van der Waals surface area contributed by atoms with E-state index in [-0.39, 0.29) is 5.70 Å². The second-order valence-electron chi connectivity index (χ2n) is 5.78. The van der Waals surface area contributed by atoms with Crippen LogP contribution in [0.4, 0.5) is 5.82 Å². The highest BCUT2D eigenvalue weighted by molar-refractivity contribution is 14.1. The van der Waals surface area contributed by atoms with Gasteiger partial charge in [-0.2, -0.15) is 3.21 Å². The number of rotatable bonds is 4. The molecule has 1 fully saturated rings. The third-order valence-electron chi connectivity index (χ3n) is 4.12. The zero-order valence-corrected chi connectivity index (χ0v) is 16.7. The van der Waals surface area contributed by atoms with Crippen LogP contribution in [-0.2, 0) is 4.79 Å². The number of carboxylic acid groups (broad SMARTS) is 1. The molecule has 0 spiro atoms. The van der Waals surface area contributed by atoms with Gasteiger partial charge in [0, 0.05) is 56.1 Å². The minimum absolute atomic E-state index is 0.147. The molecule has 0 unspecified atom stereocenters. The van der Waals surface area contributed by atoms with Gasteiger partial charge in [-0.25, -0.2) is 14.8 Å². The van der Waals surface area contributed by atoms with Gasteiger partial charge >= 0.3 is 5.97 Å². The molecule has 1 saturated heterocycles. The van der Waals surface area contributed by atoms with Gasteiger partial charge in [-0.15, -0.1) is 3.25 Å². The van der Waals surface area contributed by atoms with Gasteiger partial charge in [0.1, 0.15) is 11.5 Å². The predicted molar refractivity (Wildman–Crippen MR) is 109 cm³/mol. The second-order valence-corrected chi connectivity index (χ2v) is 7.12. The van der Waals surface area contributed by atoms with E-state index < -0.39 is 27.3 Å². The molecule has 3 N–H and O–H groups in total. The van der Waals surface area contributed by atoms with E-state index in [4.69, 9.17) is 5.73 Å². The highest BCUT2D eigenvalue weighted by atomic mass is 127. The number of halogens is 1. The van der Waals surface area contributed by atoms with Crippen molar-refractivity contribution in [2.45, 2.75) is 13.3 Å². The Morgan fingerprint density at radius 1 is 1.46 bits per heavy atom. The molecule has 1 aromatic rings. The molecule has 10 heteroatoms. The molecule has 1 aromatic heterocycles. The summed E-state index contributed by atoms with van der Waals surface area (Å²) in [7, 11) is 1.88. The number of aliphatic carboxylic acids is 1. The number of nitrogens with two attached hydrogens (primary N) is 1. The number of hydrogen-bond donors (Lipinski definition) is 2. The Bertz CT molecular complexity index is 830. The maximum Gasteiger partial charge on any atom is 0.352 e. The van der Waals surface area contributed by atoms with E-state index in [9.17, 15) is 9.90 Å². The Hall–Kier alpha value is -2.37. The minimum atomic E-state index is -1.12. The highest BCUT2D eigenvalue weighted by Crippen LogP contribution is 2.24. The average molecular weight is 469 g/mol. The number of amidine groups is 1. The van der Waals surface area contributed by atoms with Gasteiger partial charge in [-0.05, 0) is 19.1 Å². The lowest BCUT2D eigenvalue weighted by Crippen LogP contribution is -2.39. The van der Waals surface area contributed by atoms with Gasteiger partial charge < -0.3 is 15.7 Å². The van der Waals surface area contributed by atoms with E-state index in [2.05, 4.69) is 16.4 Å². The molecule has 26 heavy (non-hydrogen) atoms. The summed E-state index contributed by atoms with van der Waals surface area (Å²) in [5, 5.41) is 11.0. The van der Waals surface area contributed by atoms with Crippen LogP contribution in [0.25, 0.3) is 0 Å². The molecule has 0 aromatic carbocycles. The van der Waals surface area contributed by atoms with Crippen molar-refractivity contribution in [3.63, 3.8) is 0 Å². The van der Waals surface area contributed by atoms with Crippen molar-refractivity contribution in [1.29, 1.82) is 0 Å². The van der Waals surface area contributed by atoms with E-state index in [1.165, 1.54) is 0 Å². The van der Waals surface area contributed by atoms with Gasteiger partial charge in [0.2, 0.25) is 0 Å². The summed E-state index contributed by atoms with van der Waals surface area (Å²) in [6, 6.07) is 3.88. The van der Waals surface area contributed by atoms with Gasteiger partial charge in [0.15, 0.2) is 27.1 Å². The summed E-state index contributed by atoms with van der Waals surface area (Å²) in [5.41, 5.74) is 7.91. The molecule has 0 aliphatic carbocycles. The Labute approximate surface area is 161 Å². The van der Waals surface area contributed by atoms with Crippen LogP contribution in [0.15, 0.2) is 41.1 Å². The molecule has 0 amide bonds. The summed E-state index contributed by atoms with van der Waals surface area (Å²) >= 11 is -0.502. The number of carboxylic acids is 1. The van der Waals surface area contributed by atoms with Crippen LogP contribution < -0.4 is 10.6 Å². The average Bonchev–Trinajstić information content (AvgIpc) is 3.08. The van der Waals surface area contributed by atoms with Crippen LogP contribution in [0, 0.1) is 0 Å². The summed E-state index contributed by atoms with van der Waals surface area (Å²) < 4.78 is 8.73. The number of pyridine rings is 1. The Morgan fingerprint density at radius 3 is 2.85 bits per heavy atom. The van der Waals surface area contributed by atoms with Gasteiger partial charge in [-0.1, -0.05) is 0 Å². The van der Waals surface area contributed by atoms with Crippen LogP contribution in [-0.4, -0.2) is 59.3 Å². The standard InChI is InChI=1S/C16H20IN7O2/c1-3-19-12-6-7-24(9-11(12)14(18)16(25)26)13-5-4-10(8-20-13)15-21-17-22-23(15)2/h4-5,8H,3,6-7,9,18H2,1-2H3,(H,25,26)/b14-11-,19-12?. The monoisotopic (exact) mass is 469 g/mol. The summed E-state index contributed by atoms with van der Waals surface area (Å²) in [5.74, 6) is 0.486. The van der Waals surface area contributed by atoms with Crippen molar-refractivity contribution in [2.24, 2.45) is 17.2 Å². The third kappa shape index (κ3) is 3.74. The second kappa shape index (κ2) is 7.89. The fourth-order valence-electron chi connectivity index (χ4n) is 2.82. The zero-order chi connectivity index (χ0) is 18.7. The minimum Gasteiger partial charge on any atom is -0.477 e. The lowest BCUT2D eigenvalue weighted by atomic mass is 9.99. The van der Waals surface area contributed by atoms with Crippen LogP contribution in [0.1, 0.15) is 18.9 Å². The van der Waals surface area contributed by atoms with E-state index in [0.29, 0.717) is 31.6 Å². The van der Waals surface area contributed by atoms with Crippen LogP contribution >= 0.6 is 21.3 Å². The van der Waals surface area contributed by atoms with Crippen molar-refractivity contribution < 1.29 is 9.90 Å².